The van der Waals surface area contributed by atoms with Crippen LogP contribution in [0.5, 0.6) is 17.2 Å². The highest BCUT2D eigenvalue weighted by atomic mass is 16.5. The minimum absolute atomic E-state index is 0.0205. The van der Waals surface area contributed by atoms with E-state index in [4.69, 9.17) is 9.47 Å². The second kappa shape index (κ2) is 11.4. The maximum absolute atomic E-state index is 12.7. The summed E-state index contributed by atoms with van der Waals surface area (Å²) < 4.78 is 11.4. The normalized spacial score (nSPS) is 15.1. The number of likely N-dealkylation sites (tertiary alicyclic amines) is 1. The van der Waals surface area contributed by atoms with E-state index in [1.165, 1.54) is 12.1 Å². The zero-order valence-corrected chi connectivity index (χ0v) is 18.8. The monoisotopic (exact) mass is 440 g/mol. The number of hydrogen-bond donors (Lipinski definition) is 2. The summed E-state index contributed by atoms with van der Waals surface area (Å²) in [6.07, 6.45) is 1.91. The number of phenolic OH excluding ortho intramolecular Hbond substituents is 1. The number of carbonyl (C=O) groups excluding carboxylic acids is 2. The van der Waals surface area contributed by atoms with Gasteiger partial charge in [-0.2, -0.15) is 0 Å². The first kappa shape index (κ1) is 23.4. The number of rotatable bonds is 9. The first-order valence-corrected chi connectivity index (χ1v) is 11.1. The summed E-state index contributed by atoms with van der Waals surface area (Å²) in [4.78, 5) is 26.7. The van der Waals surface area contributed by atoms with Gasteiger partial charge in [-0.15, -0.1) is 0 Å². The molecule has 1 aliphatic heterocycles. The summed E-state index contributed by atoms with van der Waals surface area (Å²) in [6, 6.07) is 14.2. The fourth-order valence-electron chi connectivity index (χ4n) is 3.71. The number of para-hydroxylation sites is 1. The van der Waals surface area contributed by atoms with Gasteiger partial charge in [0.25, 0.3) is 5.91 Å². The molecule has 0 bridgehead atoms. The lowest BCUT2D eigenvalue weighted by Crippen LogP contribution is -2.49. The van der Waals surface area contributed by atoms with Gasteiger partial charge in [-0.05, 0) is 69.0 Å². The molecule has 1 unspecified atom stereocenters. The number of aryl methyl sites for hydroxylation is 1. The van der Waals surface area contributed by atoms with Gasteiger partial charge in [0, 0.05) is 25.6 Å². The Balaban J connectivity index is 1.33. The van der Waals surface area contributed by atoms with Gasteiger partial charge in [0.15, 0.2) is 6.10 Å². The van der Waals surface area contributed by atoms with Crippen molar-refractivity contribution in [1.82, 2.24) is 10.2 Å². The minimum Gasteiger partial charge on any atom is -0.508 e. The number of carbonyl (C=O) groups is 2. The van der Waals surface area contributed by atoms with E-state index in [0.717, 1.165) is 24.2 Å². The molecule has 0 aromatic heterocycles. The van der Waals surface area contributed by atoms with Crippen molar-refractivity contribution in [2.75, 3.05) is 19.7 Å². The molecule has 2 aromatic carbocycles. The first-order chi connectivity index (χ1) is 15.4. The van der Waals surface area contributed by atoms with Gasteiger partial charge in [0.2, 0.25) is 5.91 Å². The van der Waals surface area contributed by atoms with Gasteiger partial charge in [-0.1, -0.05) is 18.2 Å². The molecular weight excluding hydrogens is 408 g/mol. The number of hydrogen-bond acceptors (Lipinski definition) is 5. The van der Waals surface area contributed by atoms with Crippen molar-refractivity contribution in [1.29, 1.82) is 0 Å². The molecule has 1 atom stereocenters. The van der Waals surface area contributed by atoms with Gasteiger partial charge in [-0.3, -0.25) is 9.59 Å². The molecule has 0 saturated carbocycles. The molecule has 2 N–H and O–H groups in total. The Morgan fingerprint density at radius 3 is 2.50 bits per heavy atom. The minimum atomic E-state index is -0.612. The summed E-state index contributed by atoms with van der Waals surface area (Å²) >= 11 is 0. The molecule has 1 heterocycles. The topological polar surface area (TPSA) is 88.1 Å². The number of aromatic hydroxyl groups is 1. The van der Waals surface area contributed by atoms with E-state index >= 15 is 0 Å². The van der Waals surface area contributed by atoms with Crippen molar-refractivity contribution in [2.45, 2.75) is 51.7 Å². The second-order valence-corrected chi connectivity index (χ2v) is 8.14. The Kier molecular flexibility index (Phi) is 8.36. The lowest BCUT2D eigenvalue weighted by molar-refractivity contribution is -0.139. The van der Waals surface area contributed by atoms with Crippen LogP contribution in [0.4, 0.5) is 0 Å². The molecule has 3 rings (SSSR count). The van der Waals surface area contributed by atoms with E-state index in [-0.39, 0.29) is 23.6 Å². The van der Waals surface area contributed by atoms with Crippen LogP contribution in [0, 0.1) is 6.92 Å². The van der Waals surface area contributed by atoms with Crippen LogP contribution in [0.2, 0.25) is 0 Å². The third kappa shape index (κ3) is 6.90. The standard InChI is InChI=1S/C25H32N2O5/c1-18-6-3-4-7-23(18)31-17-5-8-24(29)26-20-13-15-27(16-14-20)25(30)19(2)32-22-11-9-21(28)10-12-22/h3-4,6-7,9-12,19-20,28H,5,8,13-17H2,1-2H3,(H,26,29). The van der Waals surface area contributed by atoms with Crippen molar-refractivity contribution in [3.05, 3.63) is 54.1 Å². The van der Waals surface area contributed by atoms with Gasteiger partial charge in [0.1, 0.15) is 17.2 Å². The lowest BCUT2D eigenvalue weighted by Gasteiger charge is -2.33. The largest absolute Gasteiger partial charge is 0.508 e. The van der Waals surface area contributed by atoms with Gasteiger partial charge < -0.3 is 24.8 Å². The number of benzene rings is 2. The smallest absolute Gasteiger partial charge is 0.263 e. The summed E-state index contributed by atoms with van der Waals surface area (Å²) in [5.74, 6) is 1.49. The van der Waals surface area contributed by atoms with Gasteiger partial charge >= 0.3 is 0 Å². The number of ether oxygens (including phenoxy) is 2. The Hall–Kier alpha value is -3.22. The molecule has 7 heteroatoms. The van der Waals surface area contributed by atoms with Crippen LogP contribution in [0.3, 0.4) is 0 Å². The zero-order valence-electron chi connectivity index (χ0n) is 18.8. The highest BCUT2D eigenvalue weighted by Crippen LogP contribution is 2.19. The Bertz CT molecular complexity index is 891. The van der Waals surface area contributed by atoms with E-state index < -0.39 is 6.10 Å². The number of nitrogens with one attached hydrogen (secondary N) is 1. The molecule has 1 saturated heterocycles. The quantitative estimate of drug-likeness (QED) is 0.583. The molecular formula is C25H32N2O5. The van der Waals surface area contributed by atoms with Gasteiger partial charge in [-0.25, -0.2) is 0 Å². The van der Waals surface area contributed by atoms with Crippen LogP contribution in [0.1, 0.15) is 38.2 Å². The van der Waals surface area contributed by atoms with Crippen molar-refractivity contribution in [3.8, 4) is 17.2 Å². The summed E-state index contributed by atoms with van der Waals surface area (Å²) in [5.41, 5.74) is 1.08. The van der Waals surface area contributed by atoms with Crippen molar-refractivity contribution in [2.24, 2.45) is 0 Å². The van der Waals surface area contributed by atoms with Crippen molar-refractivity contribution in [3.63, 3.8) is 0 Å². The third-order valence-electron chi connectivity index (χ3n) is 5.57. The Morgan fingerprint density at radius 1 is 1.12 bits per heavy atom. The number of nitrogens with zero attached hydrogens (tertiary/aromatic N) is 1. The summed E-state index contributed by atoms with van der Waals surface area (Å²) in [6.45, 7) is 5.40. The number of amides is 2. The second-order valence-electron chi connectivity index (χ2n) is 8.14. The molecule has 0 aliphatic carbocycles. The molecule has 2 aromatic rings. The Labute approximate surface area is 189 Å². The van der Waals surface area contributed by atoms with Crippen LogP contribution in [-0.4, -0.2) is 53.7 Å². The van der Waals surface area contributed by atoms with Crippen molar-refractivity contribution < 1.29 is 24.2 Å². The van der Waals surface area contributed by atoms with E-state index in [2.05, 4.69) is 5.32 Å². The van der Waals surface area contributed by atoms with Crippen LogP contribution < -0.4 is 14.8 Å². The molecule has 0 spiro atoms. The maximum Gasteiger partial charge on any atom is 0.263 e. The van der Waals surface area contributed by atoms with Crippen LogP contribution in [0.25, 0.3) is 0 Å². The van der Waals surface area contributed by atoms with Crippen molar-refractivity contribution >= 4 is 11.8 Å². The van der Waals surface area contributed by atoms with E-state index in [0.29, 0.717) is 38.3 Å². The first-order valence-electron chi connectivity index (χ1n) is 11.1. The van der Waals surface area contributed by atoms with Crippen LogP contribution in [0.15, 0.2) is 48.5 Å². The number of phenols is 1. The maximum atomic E-state index is 12.7. The highest BCUT2D eigenvalue weighted by Gasteiger charge is 2.27. The molecule has 2 amide bonds. The van der Waals surface area contributed by atoms with Crippen LogP contribution in [-0.2, 0) is 9.59 Å². The average Bonchev–Trinajstić information content (AvgIpc) is 2.79. The number of piperidine rings is 1. The molecule has 32 heavy (non-hydrogen) atoms. The average molecular weight is 441 g/mol. The molecule has 0 radical (unpaired) electrons. The van der Waals surface area contributed by atoms with E-state index in [1.54, 1.807) is 24.0 Å². The summed E-state index contributed by atoms with van der Waals surface area (Å²) in [7, 11) is 0. The molecule has 1 fully saturated rings. The summed E-state index contributed by atoms with van der Waals surface area (Å²) in [5, 5.41) is 12.4. The van der Waals surface area contributed by atoms with Crippen LogP contribution >= 0.6 is 0 Å². The Morgan fingerprint density at radius 2 is 1.81 bits per heavy atom. The molecule has 7 nitrogen and oxygen atoms in total. The fraction of sp³-hybridized carbons (Fsp3) is 0.440. The zero-order chi connectivity index (χ0) is 22.9. The SMILES string of the molecule is Cc1ccccc1OCCCC(=O)NC1CCN(C(=O)C(C)Oc2ccc(O)cc2)CC1. The molecule has 1 aliphatic rings. The van der Waals surface area contributed by atoms with E-state index in [1.807, 2.05) is 31.2 Å². The lowest BCUT2D eigenvalue weighted by atomic mass is 10.0. The van der Waals surface area contributed by atoms with Gasteiger partial charge in [0.05, 0.1) is 6.61 Å². The highest BCUT2D eigenvalue weighted by molar-refractivity contribution is 5.81. The molecule has 172 valence electrons. The predicted molar refractivity (Wildman–Crippen MR) is 122 cm³/mol. The fourth-order valence-corrected chi connectivity index (χ4v) is 3.71. The third-order valence-corrected chi connectivity index (χ3v) is 5.57. The van der Waals surface area contributed by atoms with E-state index in [9.17, 15) is 14.7 Å². The predicted octanol–water partition coefficient (Wildman–Crippen LogP) is 3.43.